The van der Waals surface area contributed by atoms with Gasteiger partial charge in [0.05, 0.1) is 16.5 Å². The van der Waals surface area contributed by atoms with Crippen molar-refractivity contribution in [1.29, 1.82) is 0 Å². The lowest BCUT2D eigenvalue weighted by Crippen LogP contribution is -2.40. The van der Waals surface area contributed by atoms with Crippen LogP contribution in [0.1, 0.15) is 24.4 Å². The van der Waals surface area contributed by atoms with E-state index in [1.807, 2.05) is 0 Å². The summed E-state index contributed by atoms with van der Waals surface area (Å²) in [6.07, 6.45) is -3.48. The molecule has 1 aromatic heterocycles. The molecule has 0 aliphatic carbocycles. The Morgan fingerprint density at radius 2 is 1.86 bits per heavy atom. The largest absolute Gasteiger partial charge is 0.416 e. The Balaban J connectivity index is 2.17. The van der Waals surface area contributed by atoms with Crippen molar-refractivity contribution in [3.63, 3.8) is 0 Å². The zero-order valence-corrected chi connectivity index (χ0v) is 11.4. The van der Waals surface area contributed by atoms with Gasteiger partial charge in [0.15, 0.2) is 0 Å². The maximum Gasteiger partial charge on any atom is 0.416 e. The molecule has 1 saturated heterocycles. The van der Waals surface area contributed by atoms with E-state index in [9.17, 15) is 22.8 Å². The molecule has 2 heterocycles. The Morgan fingerprint density at radius 3 is 2.50 bits per heavy atom. The van der Waals surface area contributed by atoms with Crippen LogP contribution >= 0.6 is 0 Å². The van der Waals surface area contributed by atoms with Gasteiger partial charge in [-0.1, -0.05) is 0 Å². The Kier molecular flexibility index (Phi) is 3.56. The number of fused-ring (bicyclic) bond motifs is 1. The third kappa shape index (κ3) is 2.54. The number of H-pyrrole nitrogens is 1. The molecule has 1 N–H and O–H groups in total. The van der Waals surface area contributed by atoms with Gasteiger partial charge in [-0.3, -0.25) is 9.36 Å². The molecule has 1 fully saturated rings. The number of nitrogens with one attached hydrogen (secondary N) is 1. The summed E-state index contributed by atoms with van der Waals surface area (Å²) >= 11 is 0. The minimum absolute atomic E-state index is 0.0686. The average molecular weight is 314 g/mol. The number of aromatic amines is 1. The molecule has 1 aliphatic rings. The predicted octanol–water partition coefficient (Wildman–Crippen LogP) is 2.06. The van der Waals surface area contributed by atoms with E-state index in [-0.39, 0.29) is 16.9 Å². The molecule has 0 bridgehead atoms. The molecule has 0 radical (unpaired) electrons. The molecule has 1 aliphatic heterocycles. The first-order valence-electron chi connectivity index (χ1n) is 6.81. The second-order valence-electron chi connectivity index (χ2n) is 5.21. The van der Waals surface area contributed by atoms with Gasteiger partial charge in [0.2, 0.25) is 0 Å². The van der Waals surface area contributed by atoms with Crippen LogP contribution < -0.4 is 11.2 Å². The van der Waals surface area contributed by atoms with E-state index < -0.39 is 23.0 Å². The van der Waals surface area contributed by atoms with Crippen molar-refractivity contribution in [2.24, 2.45) is 0 Å². The van der Waals surface area contributed by atoms with Crippen LogP contribution in [0.3, 0.4) is 0 Å². The second kappa shape index (κ2) is 5.28. The van der Waals surface area contributed by atoms with E-state index in [1.54, 1.807) is 0 Å². The predicted molar refractivity (Wildman–Crippen MR) is 72.9 cm³/mol. The molecule has 5 nitrogen and oxygen atoms in total. The highest BCUT2D eigenvalue weighted by molar-refractivity contribution is 5.78. The van der Waals surface area contributed by atoms with Gasteiger partial charge in [-0.05, 0) is 31.0 Å². The summed E-state index contributed by atoms with van der Waals surface area (Å²) in [7, 11) is 0. The number of benzene rings is 1. The normalized spacial score (nSPS) is 17.0. The maximum atomic E-state index is 12.7. The second-order valence-corrected chi connectivity index (χ2v) is 5.21. The highest BCUT2D eigenvalue weighted by Crippen LogP contribution is 2.30. The Morgan fingerprint density at radius 1 is 1.18 bits per heavy atom. The van der Waals surface area contributed by atoms with E-state index in [0.717, 1.165) is 22.8 Å². The van der Waals surface area contributed by atoms with E-state index in [1.165, 1.54) is 0 Å². The SMILES string of the molecule is O=c1[nH]c2cc(C(F)(F)F)ccc2c(=O)n1C1CCOCC1. The van der Waals surface area contributed by atoms with E-state index in [4.69, 9.17) is 4.74 Å². The van der Waals surface area contributed by atoms with E-state index in [2.05, 4.69) is 4.98 Å². The Bertz CT molecular complexity index is 817. The third-order valence-corrected chi connectivity index (χ3v) is 3.81. The number of alkyl halides is 3. The molecule has 0 unspecified atom stereocenters. The lowest BCUT2D eigenvalue weighted by Gasteiger charge is -2.23. The van der Waals surface area contributed by atoms with Crippen LogP contribution in [0.5, 0.6) is 0 Å². The van der Waals surface area contributed by atoms with Crippen LogP contribution in [0.2, 0.25) is 0 Å². The van der Waals surface area contributed by atoms with Crippen molar-refractivity contribution in [1.82, 2.24) is 9.55 Å². The smallest absolute Gasteiger partial charge is 0.381 e. The summed E-state index contributed by atoms with van der Waals surface area (Å²) in [6.45, 7) is 0.892. The van der Waals surface area contributed by atoms with Gasteiger partial charge >= 0.3 is 11.9 Å². The molecule has 0 amide bonds. The minimum atomic E-state index is -4.53. The fraction of sp³-hybridized carbons (Fsp3) is 0.429. The first-order valence-corrected chi connectivity index (χ1v) is 6.81. The first-order chi connectivity index (χ1) is 10.4. The maximum absolute atomic E-state index is 12.7. The zero-order chi connectivity index (χ0) is 15.9. The molecule has 22 heavy (non-hydrogen) atoms. The van der Waals surface area contributed by atoms with Crippen LogP contribution in [0.25, 0.3) is 10.9 Å². The number of nitrogens with zero attached hydrogens (tertiary/aromatic N) is 1. The Labute approximate surface area is 122 Å². The number of hydrogen-bond donors (Lipinski definition) is 1. The van der Waals surface area contributed by atoms with Crippen molar-refractivity contribution in [3.8, 4) is 0 Å². The minimum Gasteiger partial charge on any atom is -0.381 e. The van der Waals surface area contributed by atoms with E-state index in [0.29, 0.717) is 26.1 Å². The van der Waals surface area contributed by atoms with Crippen LogP contribution in [0.4, 0.5) is 13.2 Å². The summed E-state index contributed by atoms with van der Waals surface area (Å²) in [5.74, 6) is 0. The van der Waals surface area contributed by atoms with Gasteiger partial charge in [0.25, 0.3) is 5.56 Å². The van der Waals surface area contributed by atoms with Crippen LogP contribution in [-0.4, -0.2) is 22.8 Å². The van der Waals surface area contributed by atoms with Crippen LogP contribution in [0.15, 0.2) is 27.8 Å². The average Bonchev–Trinajstić information content (AvgIpc) is 2.47. The van der Waals surface area contributed by atoms with Gasteiger partial charge in [0.1, 0.15) is 0 Å². The summed E-state index contributed by atoms with van der Waals surface area (Å²) in [5.41, 5.74) is -2.27. The van der Waals surface area contributed by atoms with Crippen molar-refractivity contribution in [2.75, 3.05) is 13.2 Å². The lowest BCUT2D eigenvalue weighted by molar-refractivity contribution is -0.137. The number of aromatic nitrogens is 2. The molecule has 1 aromatic carbocycles. The van der Waals surface area contributed by atoms with Crippen molar-refractivity contribution < 1.29 is 17.9 Å². The highest BCUT2D eigenvalue weighted by Gasteiger charge is 2.31. The highest BCUT2D eigenvalue weighted by atomic mass is 19.4. The topological polar surface area (TPSA) is 64.1 Å². The van der Waals surface area contributed by atoms with Gasteiger partial charge in [-0.25, -0.2) is 4.79 Å². The zero-order valence-electron chi connectivity index (χ0n) is 11.4. The molecular formula is C14H13F3N2O3. The quantitative estimate of drug-likeness (QED) is 0.876. The third-order valence-electron chi connectivity index (χ3n) is 3.81. The molecule has 8 heteroatoms. The number of rotatable bonds is 1. The number of ether oxygens (including phenoxy) is 1. The van der Waals surface area contributed by atoms with Crippen molar-refractivity contribution >= 4 is 10.9 Å². The van der Waals surface area contributed by atoms with Gasteiger partial charge < -0.3 is 9.72 Å². The van der Waals surface area contributed by atoms with Crippen LogP contribution in [0, 0.1) is 0 Å². The fourth-order valence-corrected chi connectivity index (χ4v) is 2.68. The summed E-state index contributed by atoms with van der Waals surface area (Å²) in [6, 6.07) is 2.44. The van der Waals surface area contributed by atoms with Crippen molar-refractivity contribution in [2.45, 2.75) is 25.1 Å². The molecule has 118 valence electrons. The molecular weight excluding hydrogens is 301 g/mol. The van der Waals surface area contributed by atoms with Crippen LogP contribution in [-0.2, 0) is 10.9 Å². The molecule has 0 spiro atoms. The molecule has 2 aromatic rings. The fourth-order valence-electron chi connectivity index (χ4n) is 2.68. The van der Waals surface area contributed by atoms with Crippen molar-refractivity contribution in [3.05, 3.63) is 44.6 Å². The monoisotopic (exact) mass is 314 g/mol. The number of halogens is 3. The summed E-state index contributed by atoms with van der Waals surface area (Å²) in [5, 5.41) is 0.0686. The van der Waals surface area contributed by atoms with E-state index >= 15 is 0 Å². The molecule has 0 saturated carbocycles. The standard InChI is InChI=1S/C14H13F3N2O3/c15-14(16,17)8-1-2-10-11(7-8)18-13(21)19(12(10)20)9-3-5-22-6-4-9/h1-2,7,9H,3-6H2,(H,18,21). The van der Waals surface area contributed by atoms with Gasteiger partial charge in [-0.2, -0.15) is 13.2 Å². The molecule has 0 atom stereocenters. The van der Waals surface area contributed by atoms with Gasteiger partial charge in [0, 0.05) is 19.3 Å². The van der Waals surface area contributed by atoms with Gasteiger partial charge in [-0.15, -0.1) is 0 Å². The first kappa shape index (κ1) is 14.8. The lowest BCUT2D eigenvalue weighted by atomic mass is 10.1. The number of hydrogen-bond acceptors (Lipinski definition) is 3. The molecule has 3 rings (SSSR count). The summed E-state index contributed by atoms with van der Waals surface area (Å²) < 4.78 is 44.4. The Hall–Kier alpha value is -2.09. The summed E-state index contributed by atoms with van der Waals surface area (Å²) in [4.78, 5) is 26.9.